The van der Waals surface area contributed by atoms with Gasteiger partial charge in [0.2, 0.25) is 0 Å². The first kappa shape index (κ1) is 21.1. The highest BCUT2D eigenvalue weighted by molar-refractivity contribution is 5.99. The predicted molar refractivity (Wildman–Crippen MR) is 108 cm³/mol. The summed E-state index contributed by atoms with van der Waals surface area (Å²) >= 11 is 0. The Balaban J connectivity index is 1.61. The number of hydrogen-bond acceptors (Lipinski definition) is 5. The summed E-state index contributed by atoms with van der Waals surface area (Å²) in [5, 5.41) is 12.3. The molecule has 1 aliphatic carbocycles. The van der Waals surface area contributed by atoms with E-state index >= 15 is 0 Å². The standard InChI is InChI=1S/C22H29N3O4/c1-15-10-17(16(2)25(15)13-20-8-5-9-28-20)11-18(12-23)22(27)29-14-21(26)24-19-6-3-4-7-19/h10-11,19-20H,3-9,13-14H2,1-2H3,(H,24,26)/b18-11+/t20-/m0/s1. The molecule has 1 saturated carbocycles. The third-order valence-electron chi connectivity index (χ3n) is 5.72. The molecule has 1 amide bonds. The topological polar surface area (TPSA) is 93.4 Å². The first-order valence-corrected chi connectivity index (χ1v) is 10.3. The van der Waals surface area contributed by atoms with Crippen molar-refractivity contribution in [2.45, 2.75) is 71.1 Å². The van der Waals surface area contributed by atoms with E-state index < -0.39 is 5.97 Å². The lowest BCUT2D eigenvalue weighted by molar-refractivity contribution is -0.144. The number of carbonyl (C=O) groups excluding carboxylic acids is 2. The maximum Gasteiger partial charge on any atom is 0.349 e. The zero-order chi connectivity index (χ0) is 20.8. The molecule has 7 nitrogen and oxygen atoms in total. The zero-order valence-electron chi connectivity index (χ0n) is 17.2. The van der Waals surface area contributed by atoms with Gasteiger partial charge in [0, 0.05) is 30.6 Å². The molecule has 3 rings (SSSR count). The van der Waals surface area contributed by atoms with Crippen LogP contribution in [-0.2, 0) is 25.6 Å². The largest absolute Gasteiger partial charge is 0.451 e. The molecule has 1 aromatic rings. The van der Waals surface area contributed by atoms with Gasteiger partial charge in [-0.3, -0.25) is 4.79 Å². The van der Waals surface area contributed by atoms with Gasteiger partial charge in [-0.1, -0.05) is 12.8 Å². The quantitative estimate of drug-likeness (QED) is 0.432. The summed E-state index contributed by atoms with van der Waals surface area (Å²) in [4.78, 5) is 24.2. The number of aromatic nitrogens is 1. The fourth-order valence-electron chi connectivity index (χ4n) is 4.09. The van der Waals surface area contributed by atoms with Crippen molar-refractivity contribution in [2.24, 2.45) is 0 Å². The Labute approximate surface area is 171 Å². The number of carbonyl (C=O) groups is 2. The molecule has 1 atom stereocenters. The maximum absolute atomic E-state index is 12.3. The Kier molecular flexibility index (Phi) is 7.10. The number of esters is 1. The number of nitrogens with one attached hydrogen (secondary N) is 1. The summed E-state index contributed by atoms with van der Waals surface area (Å²) < 4.78 is 12.9. The van der Waals surface area contributed by atoms with E-state index in [0.717, 1.165) is 68.6 Å². The summed E-state index contributed by atoms with van der Waals surface area (Å²) in [6.45, 7) is 5.15. The van der Waals surface area contributed by atoms with Crippen LogP contribution in [0.25, 0.3) is 6.08 Å². The number of rotatable bonds is 7. The van der Waals surface area contributed by atoms with Gasteiger partial charge in [0.1, 0.15) is 11.6 Å². The number of nitriles is 1. The van der Waals surface area contributed by atoms with Crippen LogP contribution < -0.4 is 5.32 Å². The smallest absolute Gasteiger partial charge is 0.349 e. The van der Waals surface area contributed by atoms with Crippen molar-refractivity contribution in [2.75, 3.05) is 13.2 Å². The molecular weight excluding hydrogens is 370 g/mol. The molecule has 0 radical (unpaired) electrons. The second-order valence-corrected chi connectivity index (χ2v) is 7.87. The van der Waals surface area contributed by atoms with Crippen molar-refractivity contribution in [3.63, 3.8) is 0 Å². The van der Waals surface area contributed by atoms with E-state index in [-0.39, 0.29) is 30.2 Å². The van der Waals surface area contributed by atoms with E-state index in [1.807, 2.05) is 26.0 Å². The fourth-order valence-corrected chi connectivity index (χ4v) is 4.09. The van der Waals surface area contributed by atoms with Gasteiger partial charge in [-0.05, 0) is 57.2 Å². The van der Waals surface area contributed by atoms with Gasteiger partial charge in [-0.15, -0.1) is 0 Å². The number of amides is 1. The SMILES string of the molecule is Cc1cc(/C=C(\C#N)C(=O)OCC(=O)NC2CCCC2)c(C)n1C[C@@H]1CCCO1. The maximum atomic E-state index is 12.3. The van der Waals surface area contributed by atoms with Crippen LogP contribution in [0.2, 0.25) is 0 Å². The second-order valence-electron chi connectivity index (χ2n) is 7.87. The van der Waals surface area contributed by atoms with Crippen molar-refractivity contribution >= 4 is 18.0 Å². The number of aryl methyl sites for hydroxylation is 1. The molecule has 0 unspecified atom stereocenters. The van der Waals surface area contributed by atoms with Crippen LogP contribution in [0.15, 0.2) is 11.6 Å². The number of hydrogen-bond donors (Lipinski definition) is 1. The van der Waals surface area contributed by atoms with E-state index in [9.17, 15) is 14.9 Å². The monoisotopic (exact) mass is 399 g/mol. The lowest BCUT2D eigenvalue weighted by Crippen LogP contribution is -2.36. The minimum atomic E-state index is -0.780. The number of nitrogens with zero attached hydrogens (tertiary/aromatic N) is 2. The van der Waals surface area contributed by atoms with Crippen LogP contribution >= 0.6 is 0 Å². The Morgan fingerprint density at radius 2 is 2.07 bits per heavy atom. The molecule has 1 aromatic heterocycles. The average Bonchev–Trinajstić information content (AvgIpc) is 3.44. The van der Waals surface area contributed by atoms with Gasteiger partial charge in [0.15, 0.2) is 6.61 Å². The van der Waals surface area contributed by atoms with Gasteiger partial charge < -0.3 is 19.4 Å². The van der Waals surface area contributed by atoms with Gasteiger partial charge >= 0.3 is 5.97 Å². The Hall–Kier alpha value is -2.59. The summed E-state index contributed by atoms with van der Waals surface area (Å²) in [5.74, 6) is -1.10. The Bertz CT molecular complexity index is 822. The molecule has 1 saturated heterocycles. The molecular formula is C22H29N3O4. The minimum Gasteiger partial charge on any atom is -0.451 e. The van der Waals surface area contributed by atoms with Crippen molar-refractivity contribution in [3.8, 4) is 6.07 Å². The van der Waals surface area contributed by atoms with Gasteiger partial charge in [0.05, 0.1) is 6.10 Å². The summed E-state index contributed by atoms with van der Waals surface area (Å²) in [7, 11) is 0. The summed E-state index contributed by atoms with van der Waals surface area (Å²) in [5.41, 5.74) is 2.70. The van der Waals surface area contributed by atoms with Crippen molar-refractivity contribution in [1.82, 2.24) is 9.88 Å². The first-order valence-electron chi connectivity index (χ1n) is 10.3. The molecule has 2 aliphatic rings. The summed E-state index contributed by atoms with van der Waals surface area (Å²) in [6.07, 6.45) is 8.00. The molecule has 0 aromatic carbocycles. The molecule has 156 valence electrons. The van der Waals surface area contributed by atoms with E-state index in [4.69, 9.17) is 9.47 Å². The molecule has 2 fully saturated rings. The van der Waals surface area contributed by atoms with Crippen LogP contribution in [0.1, 0.15) is 55.5 Å². The highest BCUT2D eigenvalue weighted by Gasteiger charge is 2.21. The molecule has 0 spiro atoms. The normalized spacial score (nSPS) is 19.9. The molecule has 2 heterocycles. The van der Waals surface area contributed by atoms with Crippen LogP contribution in [0.3, 0.4) is 0 Å². The minimum absolute atomic E-state index is 0.115. The van der Waals surface area contributed by atoms with E-state index in [1.54, 1.807) is 0 Å². The van der Waals surface area contributed by atoms with Gasteiger partial charge in [0.25, 0.3) is 5.91 Å². The van der Waals surface area contributed by atoms with Crippen LogP contribution in [0.4, 0.5) is 0 Å². The summed E-state index contributed by atoms with van der Waals surface area (Å²) in [6, 6.07) is 4.01. The lowest BCUT2D eigenvalue weighted by atomic mass is 10.1. The third-order valence-corrected chi connectivity index (χ3v) is 5.72. The van der Waals surface area contributed by atoms with E-state index in [0.29, 0.717) is 0 Å². The van der Waals surface area contributed by atoms with Crippen molar-refractivity contribution < 1.29 is 19.1 Å². The zero-order valence-corrected chi connectivity index (χ0v) is 17.2. The van der Waals surface area contributed by atoms with Crippen molar-refractivity contribution in [1.29, 1.82) is 5.26 Å². The first-order chi connectivity index (χ1) is 14.0. The Morgan fingerprint density at radius 3 is 2.72 bits per heavy atom. The lowest BCUT2D eigenvalue weighted by Gasteiger charge is -2.14. The average molecular weight is 399 g/mol. The highest BCUT2D eigenvalue weighted by Crippen LogP contribution is 2.22. The molecule has 0 bridgehead atoms. The molecule has 1 N–H and O–H groups in total. The molecule has 29 heavy (non-hydrogen) atoms. The van der Waals surface area contributed by atoms with Gasteiger partial charge in [-0.2, -0.15) is 5.26 Å². The van der Waals surface area contributed by atoms with Crippen molar-refractivity contribution in [3.05, 3.63) is 28.6 Å². The second kappa shape index (κ2) is 9.75. The van der Waals surface area contributed by atoms with E-state index in [1.165, 1.54) is 6.08 Å². The van der Waals surface area contributed by atoms with Crippen LogP contribution in [-0.4, -0.2) is 41.8 Å². The number of ether oxygens (including phenoxy) is 2. The van der Waals surface area contributed by atoms with Crippen LogP contribution in [0.5, 0.6) is 0 Å². The Morgan fingerprint density at radius 1 is 1.31 bits per heavy atom. The van der Waals surface area contributed by atoms with E-state index in [2.05, 4.69) is 9.88 Å². The molecule has 7 heteroatoms. The third kappa shape index (κ3) is 5.48. The van der Waals surface area contributed by atoms with Gasteiger partial charge in [-0.25, -0.2) is 4.79 Å². The fraction of sp³-hybridized carbons (Fsp3) is 0.591. The van der Waals surface area contributed by atoms with Crippen LogP contribution in [0, 0.1) is 25.2 Å². The predicted octanol–water partition coefficient (Wildman–Crippen LogP) is 2.79. The highest BCUT2D eigenvalue weighted by atomic mass is 16.5. The molecule has 1 aliphatic heterocycles.